The summed E-state index contributed by atoms with van der Waals surface area (Å²) in [5.41, 5.74) is -3.54. The van der Waals surface area contributed by atoms with Crippen LogP contribution in [-0.4, -0.2) is 108 Å². The fourth-order valence-corrected chi connectivity index (χ4v) is 8.09. The molecule has 0 radical (unpaired) electrons. The molecule has 0 aromatic rings. The van der Waals surface area contributed by atoms with Gasteiger partial charge in [-0.05, 0) is 33.6 Å². The van der Waals surface area contributed by atoms with E-state index in [1.54, 1.807) is 26.0 Å². The first kappa shape index (κ1) is 27.0. The topological polar surface area (TPSA) is 149 Å². The predicted molar refractivity (Wildman–Crippen MR) is 135 cm³/mol. The lowest BCUT2D eigenvalue weighted by Gasteiger charge is -2.58. The third-order valence-corrected chi connectivity index (χ3v) is 11.1. The number of ether oxygens (including phenoxy) is 7. The third-order valence-electron chi connectivity index (χ3n) is 11.1. The molecule has 5 heterocycles. The average molecular weight is 563 g/mol. The number of carbonyl (C=O) groups excluding carboxylic acids is 2. The van der Waals surface area contributed by atoms with Gasteiger partial charge in [0.25, 0.3) is 0 Å². The van der Waals surface area contributed by atoms with Crippen molar-refractivity contribution >= 4 is 11.9 Å². The van der Waals surface area contributed by atoms with Gasteiger partial charge in [-0.3, -0.25) is 0 Å². The van der Waals surface area contributed by atoms with Crippen molar-refractivity contribution in [1.29, 1.82) is 0 Å². The number of esters is 2. The van der Waals surface area contributed by atoms with E-state index >= 15 is 0 Å². The number of hydrogen-bond acceptors (Lipinski definition) is 11. The highest BCUT2D eigenvalue weighted by atomic mass is 16.7. The van der Waals surface area contributed by atoms with E-state index in [0.717, 1.165) is 6.42 Å². The van der Waals surface area contributed by atoms with Crippen molar-refractivity contribution in [2.45, 2.75) is 113 Å². The van der Waals surface area contributed by atoms with Gasteiger partial charge in [-0.25, -0.2) is 9.59 Å². The standard InChI is InChI=1S/C29H38O11/c1-15(30)16-7-5-6-8-20(32)37-18-11-19-29(14-36-29)27(18,4)28(10-9-25(2)21(39-25)22(28)38-19)13-35-24(33)23-26(3,40-23)17(31)12-34-16/h5-8,15-19,21-23,30-31H,9-14H2,1-4H3/b7-5+,8-6-/t15?,16?,17?,18-,19-,21+,22-,23?,25-,26?,27-,28-,29?/m1/s1. The second-order valence-corrected chi connectivity index (χ2v) is 13.2. The molecule has 6 unspecified atom stereocenters. The van der Waals surface area contributed by atoms with Gasteiger partial charge >= 0.3 is 11.9 Å². The van der Waals surface area contributed by atoms with Crippen LogP contribution in [0.15, 0.2) is 24.3 Å². The van der Waals surface area contributed by atoms with Crippen LogP contribution in [0.25, 0.3) is 0 Å². The van der Waals surface area contributed by atoms with Gasteiger partial charge in [0.15, 0.2) is 6.10 Å². The third kappa shape index (κ3) is 3.55. The van der Waals surface area contributed by atoms with Crippen LogP contribution >= 0.6 is 0 Å². The maximum Gasteiger partial charge on any atom is 0.338 e. The van der Waals surface area contributed by atoms with Crippen LogP contribution in [0.4, 0.5) is 0 Å². The number of cyclic esters (lactones) is 1. The van der Waals surface area contributed by atoms with Crippen molar-refractivity contribution in [3.63, 3.8) is 0 Å². The number of rotatable bonds is 1. The Balaban J connectivity index is 1.25. The Bertz CT molecular complexity index is 1160. The summed E-state index contributed by atoms with van der Waals surface area (Å²) in [4.78, 5) is 26.4. The molecule has 5 aliphatic heterocycles. The van der Waals surface area contributed by atoms with E-state index in [9.17, 15) is 19.8 Å². The lowest BCUT2D eigenvalue weighted by Crippen LogP contribution is -2.69. The Hall–Kier alpha value is -1.86. The highest BCUT2D eigenvalue weighted by Gasteiger charge is 2.86. The highest BCUT2D eigenvalue weighted by molar-refractivity contribution is 5.82. The van der Waals surface area contributed by atoms with E-state index in [2.05, 4.69) is 13.8 Å². The molecule has 13 atom stereocenters. The molecular weight excluding hydrogens is 524 g/mol. The van der Waals surface area contributed by atoms with Crippen molar-refractivity contribution in [2.75, 3.05) is 19.8 Å². The number of hydrogen-bond donors (Lipinski definition) is 2. The molecule has 4 saturated heterocycles. The van der Waals surface area contributed by atoms with E-state index < -0.39 is 64.5 Å². The fraction of sp³-hybridized carbons (Fsp3) is 0.793. The number of carbonyl (C=O) groups is 2. The molecular formula is C29H38O11. The second kappa shape index (κ2) is 8.59. The lowest BCUT2D eigenvalue weighted by molar-refractivity contribution is -0.251. The zero-order valence-electron chi connectivity index (χ0n) is 23.2. The Kier molecular flexibility index (Phi) is 5.80. The van der Waals surface area contributed by atoms with Gasteiger partial charge in [0.2, 0.25) is 0 Å². The first-order valence-corrected chi connectivity index (χ1v) is 14.3. The summed E-state index contributed by atoms with van der Waals surface area (Å²) >= 11 is 0. The molecule has 2 spiro atoms. The zero-order chi connectivity index (χ0) is 28.3. The molecule has 0 aromatic carbocycles. The Labute approximate surface area is 232 Å². The molecule has 2 N–H and O–H groups in total. The van der Waals surface area contributed by atoms with Gasteiger partial charge in [0.1, 0.15) is 42.2 Å². The van der Waals surface area contributed by atoms with Gasteiger partial charge in [-0.2, -0.15) is 0 Å². The van der Waals surface area contributed by atoms with Crippen LogP contribution in [-0.2, 0) is 42.7 Å². The van der Waals surface area contributed by atoms with Gasteiger partial charge in [0.05, 0.1) is 42.5 Å². The van der Waals surface area contributed by atoms with E-state index in [1.165, 1.54) is 12.2 Å². The summed E-state index contributed by atoms with van der Waals surface area (Å²) in [5, 5.41) is 20.9. The zero-order valence-corrected chi connectivity index (χ0v) is 23.2. The number of allylic oxidation sites excluding steroid dienone is 2. The molecule has 11 heteroatoms. The summed E-state index contributed by atoms with van der Waals surface area (Å²) in [6.07, 6.45) is 2.83. The molecule has 2 saturated carbocycles. The molecule has 40 heavy (non-hydrogen) atoms. The van der Waals surface area contributed by atoms with Crippen LogP contribution in [0.1, 0.15) is 47.0 Å². The second-order valence-electron chi connectivity index (χ2n) is 13.2. The highest BCUT2D eigenvalue weighted by Crippen LogP contribution is 2.75. The predicted octanol–water partition coefficient (Wildman–Crippen LogP) is 0.736. The first-order valence-electron chi connectivity index (χ1n) is 14.3. The molecule has 220 valence electrons. The molecule has 7 rings (SSSR count). The molecule has 2 bridgehead atoms. The smallest absolute Gasteiger partial charge is 0.338 e. The van der Waals surface area contributed by atoms with Gasteiger partial charge in [-0.15, -0.1) is 0 Å². The maximum absolute atomic E-state index is 13.4. The molecule has 0 aromatic heterocycles. The molecule has 7 aliphatic rings. The van der Waals surface area contributed by atoms with Crippen LogP contribution in [0.5, 0.6) is 0 Å². The van der Waals surface area contributed by atoms with Crippen LogP contribution < -0.4 is 0 Å². The molecule has 11 nitrogen and oxygen atoms in total. The maximum atomic E-state index is 13.4. The average Bonchev–Trinajstić information content (AvgIpc) is 3.81. The quantitative estimate of drug-likeness (QED) is 0.344. The van der Waals surface area contributed by atoms with Crippen molar-refractivity contribution in [2.24, 2.45) is 10.8 Å². The minimum Gasteiger partial charge on any atom is -0.463 e. The van der Waals surface area contributed by atoms with Gasteiger partial charge in [0, 0.05) is 17.9 Å². The fourth-order valence-electron chi connectivity index (χ4n) is 8.09. The largest absolute Gasteiger partial charge is 0.463 e. The number of aliphatic hydroxyl groups is 2. The number of aliphatic hydroxyl groups excluding tert-OH is 2. The van der Waals surface area contributed by atoms with Gasteiger partial charge in [-0.1, -0.05) is 25.2 Å². The van der Waals surface area contributed by atoms with Crippen LogP contribution in [0.2, 0.25) is 0 Å². The summed E-state index contributed by atoms with van der Waals surface area (Å²) in [5.74, 6) is -1.10. The summed E-state index contributed by atoms with van der Waals surface area (Å²) in [6, 6.07) is 0. The number of epoxide rings is 3. The van der Waals surface area contributed by atoms with Crippen LogP contribution in [0.3, 0.4) is 0 Å². The summed E-state index contributed by atoms with van der Waals surface area (Å²) < 4.78 is 42.6. The normalized spacial score (nSPS) is 57.2. The first-order chi connectivity index (χ1) is 18.9. The van der Waals surface area contributed by atoms with E-state index in [0.29, 0.717) is 19.4 Å². The molecule has 2 aliphatic carbocycles. The Morgan fingerprint density at radius 3 is 2.52 bits per heavy atom. The summed E-state index contributed by atoms with van der Waals surface area (Å²) in [7, 11) is 0. The minimum atomic E-state index is -1.18. The molecule has 0 amide bonds. The van der Waals surface area contributed by atoms with Crippen molar-refractivity contribution in [3.05, 3.63) is 24.3 Å². The Morgan fingerprint density at radius 1 is 1.02 bits per heavy atom. The van der Waals surface area contributed by atoms with E-state index in [-0.39, 0.29) is 37.1 Å². The van der Waals surface area contributed by atoms with Crippen molar-refractivity contribution in [1.82, 2.24) is 0 Å². The summed E-state index contributed by atoms with van der Waals surface area (Å²) in [6.45, 7) is 7.67. The SMILES string of the molecule is CC(O)C1/C=C/C=C\C(=O)O[C@@H]2C[C@H]3O[C@@H]4[C@@H]5O[C@]5(C)CC[C@]4(COC(=O)C4OC4(C)C(O)CO1)[C@]2(C)C31CO1. The monoisotopic (exact) mass is 562 g/mol. The Morgan fingerprint density at radius 2 is 1.80 bits per heavy atom. The minimum absolute atomic E-state index is 0.0139. The van der Waals surface area contributed by atoms with Crippen LogP contribution in [0, 0.1) is 10.8 Å². The molecule has 6 fully saturated rings. The van der Waals surface area contributed by atoms with Crippen molar-refractivity contribution < 1.29 is 53.0 Å². The van der Waals surface area contributed by atoms with E-state index in [1.807, 2.05) is 0 Å². The van der Waals surface area contributed by atoms with Crippen molar-refractivity contribution in [3.8, 4) is 0 Å². The number of fused-ring (bicyclic) bond motifs is 3. The van der Waals surface area contributed by atoms with Gasteiger partial charge < -0.3 is 43.4 Å². The lowest BCUT2D eigenvalue weighted by atomic mass is 9.50. The van der Waals surface area contributed by atoms with E-state index in [4.69, 9.17) is 33.2 Å².